The molecule has 37 heavy (non-hydrogen) atoms. The van der Waals surface area contributed by atoms with Crippen LogP contribution in [0, 0.1) is 3.57 Å². The fourth-order valence-corrected chi connectivity index (χ4v) is 4.79. The average molecular weight is 672 g/mol. The zero-order valence-corrected chi connectivity index (χ0v) is 23.6. The molecule has 4 rings (SSSR count). The molecule has 1 aliphatic rings. The number of nitrogens with zero attached hydrogens (tertiary/aromatic N) is 1. The van der Waals surface area contributed by atoms with Crippen molar-refractivity contribution in [3.05, 3.63) is 89.9 Å². The monoisotopic (exact) mass is 670 g/mol. The van der Waals surface area contributed by atoms with Gasteiger partial charge in [-0.3, -0.25) is 14.9 Å². The van der Waals surface area contributed by atoms with Gasteiger partial charge in [0.2, 0.25) is 0 Å². The van der Waals surface area contributed by atoms with Crippen LogP contribution in [0.25, 0.3) is 6.08 Å². The van der Waals surface area contributed by atoms with Gasteiger partial charge in [0, 0.05) is 10.6 Å². The van der Waals surface area contributed by atoms with Gasteiger partial charge in [-0.2, -0.15) is 0 Å². The second-order valence-corrected chi connectivity index (χ2v) is 10.1. The molecule has 1 N–H and O–H groups in total. The summed E-state index contributed by atoms with van der Waals surface area (Å²) in [5.41, 5.74) is 1.24. The number of imide groups is 2. The van der Waals surface area contributed by atoms with Crippen molar-refractivity contribution in [2.75, 3.05) is 11.5 Å². The lowest BCUT2D eigenvalue weighted by Crippen LogP contribution is -2.54. The van der Waals surface area contributed by atoms with Crippen molar-refractivity contribution < 1.29 is 23.9 Å². The molecular formula is C26H18Cl3IN2O5. The van der Waals surface area contributed by atoms with E-state index in [1.807, 2.05) is 25.1 Å². The Kier molecular flexibility index (Phi) is 8.63. The Morgan fingerprint density at radius 2 is 1.70 bits per heavy atom. The zero-order valence-electron chi connectivity index (χ0n) is 19.2. The summed E-state index contributed by atoms with van der Waals surface area (Å²) >= 11 is 20.3. The van der Waals surface area contributed by atoms with Crippen molar-refractivity contribution in [3.8, 4) is 11.5 Å². The minimum absolute atomic E-state index is 0.158. The van der Waals surface area contributed by atoms with Crippen molar-refractivity contribution in [2.24, 2.45) is 0 Å². The number of nitrogens with one attached hydrogen (secondary N) is 1. The minimum atomic E-state index is -0.890. The molecule has 0 aliphatic carbocycles. The third-order valence-corrected chi connectivity index (χ3v) is 7.14. The van der Waals surface area contributed by atoms with Crippen molar-refractivity contribution in [1.29, 1.82) is 0 Å². The Labute approximate surface area is 241 Å². The molecule has 190 valence electrons. The summed E-state index contributed by atoms with van der Waals surface area (Å²) in [5, 5.41) is 3.19. The summed E-state index contributed by atoms with van der Waals surface area (Å²) in [6.45, 7) is 2.41. The number of benzene rings is 3. The highest BCUT2D eigenvalue weighted by Gasteiger charge is 2.37. The average Bonchev–Trinajstić information content (AvgIpc) is 2.84. The van der Waals surface area contributed by atoms with Crippen LogP contribution in [-0.2, 0) is 16.2 Å². The van der Waals surface area contributed by atoms with Gasteiger partial charge < -0.3 is 9.47 Å². The highest BCUT2D eigenvalue weighted by atomic mass is 127. The lowest BCUT2D eigenvalue weighted by Gasteiger charge is -2.26. The third-order valence-electron chi connectivity index (χ3n) is 5.24. The van der Waals surface area contributed by atoms with E-state index in [0.717, 1.165) is 10.5 Å². The molecule has 0 spiro atoms. The summed E-state index contributed by atoms with van der Waals surface area (Å²) in [4.78, 5) is 39.1. The molecule has 1 saturated heterocycles. The van der Waals surface area contributed by atoms with E-state index in [0.29, 0.717) is 32.3 Å². The Balaban J connectivity index is 1.67. The summed E-state index contributed by atoms with van der Waals surface area (Å²) in [7, 11) is 0. The van der Waals surface area contributed by atoms with Crippen molar-refractivity contribution in [1.82, 2.24) is 5.32 Å². The molecule has 0 saturated carbocycles. The molecule has 1 fully saturated rings. The third kappa shape index (κ3) is 6.04. The summed E-state index contributed by atoms with van der Waals surface area (Å²) in [5.74, 6) is -0.705. The van der Waals surface area contributed by atoms with E-state index in [1.54, 1.807) is 18.2 Å². The number of carbonyl (C=O) groups is 3. The maximum atomic E-state index is 13.2. The molecule has 4 amide bonds. The topological polar surface area (TPSA) is 84.9 Å². The summed E-state index contributed by atoms with van der Waals surface area (Å²) in [6, 6.07) is 14.1. The van der Waals surface area contributed by atoms with Crippen molar-refractivity contribution >= 4 is 87.0 Å². The maximum Gasteiger partial charge on any atom is 0.335 e. The smallest absolute Gasteiger partial charge is 0.335 e. The number of urea groups is 1. The first-order valence-corrected chi connectivity index (χ1v) is 13.1. The Morgan fingerprint density at radius 1 is 0.946 bits per heavy atom. The van der Waals surface area contributed by atoms with E-state index in [-0.39, 0.29) is 27.9 Å². The highest BCUT2D eigenvalue weighted by molar-refractivity contribution is 14.1. The molecule has 0 radical (unpaired) electrons. The van der Waals surface area contributed by atoms with Crippen LogP contribution < -0.4 is 19.7 Å². The first-order valence-electron chi connectivity index (χ1n) is 10.9. The maximum absolute atomic E-state index is 13.2. The molecule has 3 aromatic rings. The number of carbonyl (C=O) groups excluding carboxylic acids is 3. The fourth-order valence-electron chi connectivity index (χ4n) is 3.52. The van der Waals surface area contributed by atoms with Gasteiger partial charge in [-0.15, -0.1) is 0 Å². The lowest BCUT2D eigenvalue weighted by atomic mass is 10.1. The van der Waals surface area contributed by atoms with E-state index in [2.05, 4.69) is 27.9 Å². The van der Waals surface area contributed by atoms with Crippen molar-refractivity contribution in [3.63, 3.8) is 0 Å². The van der Waals surface area contributed by atoms with E-state index in [9.17, 15) is 14.4 Å². The Hall–Kier alpha value is -2.79. The first kappa shape index (κ1) is 27.3. The quantitative estimate of drug-likeness (QED) is 0.168. The molecule has 3 aromatic carbocycles. The SMILES string of the molecule is CCOc1cc(/C=C2\C(=O)NC(=O)N(c3ccc(Cl)c(Cl)c3)C2=O)cc(I)c1OCc1ccccc1Cl. The number of barbiturate groups is 1. The Bertz CT molecular complexity index is 1440. The predicted molar refractivity (Wildman–Crippen MR) is 152 cm³/mol. The van der Waals surface area contributed by atoms with Gasteiger partial charge in [0.1, 0.15) is 12.2 Å². The molecule has 0 bridgehead atoms. The summed E-state index contributed by atoms with van der Waals surface area (Å²) < 4.78 is 12.5. The van der Waals surface area contributed by atoms with Crippen LogP contribution in [0.15, 0.2) is 60.2 Å². The minimum Gasteiger partial charge on any atom is -0.490 e. The van der Waals surface area contributed by atoms with E-state index >= 15 is 0 Å². The number of rotatable bonds is 7. The van der Waals surface area contributed by atoms with E-state index in [1.165, 1.54) is 24.3 Å². The molecule has 0 aromatic heterocycles. The van der Waals surface area contributed by atoms with Gasteiger partial charge in [0.15, 0.2) is 11.5 Å². The van der Waals surface area contributed by atoms with Crippen LogP contribution in [0.1, 0.15) is 18.1 Å². The van der Waals surface area contributed by atoms with Crippen LogP contribution in [0.2, 0.25) is 15.1 Å². The van der Waals surface area contributed by atoms with Crippen LogP contribution in [0.3, 0.4) is 0 Å². The molecular weight excluding hydrogens is 654 g/mol. The van der Waals surface area contributed by atoms with Gasteiger partial charge in [0.25, 0.3) is 11.8 Å². The number of amides is 4. The highest BCUT2D eigenvalue weighted by Crippen LogP contribution is 2.36. The van der Waals surface area contributed by atoms with Crippen LogP contribution in [0.4, 0.5) is 10.5 Å². The van der Waals surface area contributed by atoms with Crippen molar-refractivity contribution in [2.45, 2.75) is 13.5 Å². The first-order chi connectivity index (χ1) is 17.7. The normalized spacial score (nSPS) is 14.7. The molecule has 11 heteroatoms. The molecule has 0 unspecified atom stereocenters. The second kappa shape index (κ2) is 11.7. The van der Waals surface area contributed by atoms with E-state index < -0.39 is 17.8 Å². The number of hydrogen-bond acceptors (Lipinski definition) is 5. The lowest BCUT2D eigenvalue weighted by molar-refractivity contribution is -0.122. The predicted octanol–water partition coefficient (Wildman–Crippen LogP) is 6.90. The van der Waals surface area contributed by atoms with Gasteiger partial charge in [-0.25, -0.2) is 9.69 Å². The zero-order chi connectivity index (χ0) is 26.7. The van der Waals surface area contributed by atoms with Gasteiger partial charge in [-0.1, -0.05) is 53.0 Å². The molecule has 1 aliphatic heterocycles. The van der Waals surface area contributed by atoms with E-state index in [4.69, 9.17) is 44.3 Å². The number of hydrogen-bond donors (Lipinski definition) is 1. The summed E-state index contributed by atoms with van der Waals surface area (Å²) in [6.07, 6.45) is 1.39. The van der Waals surface area contributed by atoms with Gasteiger partial charge in [-0.05, 0) is 77.6 Å². The molecule has 1 heterocycles. The van der Waals surface area contributed by atoms with Crippen LogP contribution in [0.5, 0.6) is 11.5 Å². The number of ether oxygens (including phenoxy) is 2. The van der Waals surface area contributed by atoms with Crippen LogP contribution >= 0.6 is 57.4 Å². The number of anilines is 1. The largest absolute Gasteiger partial charge is 0.490 e. The number of halogens is 4. The van der Waals surface area contributed by atoms with Gasteiger partial charge >= 0.3 is 6.03 Å². The second-order valence-electron chi connectivity index (χ2n) is 7.70. The molecule has 7 nitrogen and oxygen atoms in total. The standard InChI is InChI=1S/C26H18Cl3IN2O5/c1-2-36-22-11-14(10-21(30)23(22)37-13-15-5-3-4-6-18(15)27)9-17-24(33)31-26(35)32(25(17)34)16-7-8-19(28)20(29)12-16/h3-12H,2,13H2,1H3,(H,31,33,35)/b17-9+. The Morgan fingerprint density at radius 3 is 2.41 bits per heavy atom. The van der Waals surface area contributed by atoms with Crippen LogP contribution in [-0.4, -0.2) is 24.5 Å². The van der Waals surface area contributed by atoms with Gasteiger partial charge in [0.05, 0.1) is 25.9 Å². The fraction of sp³-hybridized carbons (Fsp3) is 0.115. The molecule has 0 atom stereocenters.